The number of pyridine rings is 1. The Balaban J connectivity index is 1.31. The smallest absolute Gasteiger partial charge is 0.230 e. The summed E-state index contributed by atoms with van der Waals surface area (Å²) in [6.45, 7) is 3.17. The summed E-state index contributed by atoms with van der Waals surface area (Å²) in [7, 11) is 0. The van der Waals surface area contributed by atoms with E-state index in [1.807, 2.05) is 37.3 Å². The quantitative estimate of drug-likeness (QED) is 0.740. The lowest BCUT2D eigenvalue weighted by Crippen LogP contribution is -2.43. The first-order chi connectivity index (χ1) is 14.1. The van der Waals surface area contributed by atoms with E-state index >= 15 is 0 Å². The molecule has 8 nitrogen and oxygen atoms in total. The molecule has 1 N–H and O–H groups in total. The molecule has 2 aromatic rings. The Hall–Kier alpha value is -3.00. The minimum Gasteiger partial charge on any atom is -0.360 e. The maximum absolute atomic E-state index is 13.2. The van der Waals surface area contributed by atoms with E-state index in [4.69, 9.17) is 9.26 Å². The zero-order valence-electron chi connectivity index (χ0n) is 16.1. The van der Waals surface area contributed by atoms with Crippen molar-refractivity contribution in [3.63, 3.8) is 0 Å². The lowest BCUT2D eigenvalue weighted by atomic mass is 9.77. The van der Waals surface area contributed by atoms with Crippen molar-refractivity contribution in [3.05, 3.63) is 59.8 Å². The highest BCUT2D eigenvalue weighted by molar-refractivity contribution is 5.93. The highest BCUT2D eigenvalue weighted by Crippen LogP contribution is 2.52. The van der Waals surface area contributed by atoms with Crippen molar-refractivity contribution in [1.29, 1.82) is 0 Å². The molecule has 2 bridgehead atoms. The Kier molecular flexibility index (Phi) is 4.24. The molecule has 2 fully saturated rings. The first-order valence-corrected chi connectivity index (χ1v) is 9.87. The number of likely N-dealkylation sites (tertiary alicyclic amines) is 1. The Morgan fingerprint density at radius 3 is 2.97 bits per heavy atom. The SMILES string of the molecule is CCc1cc(CNC(=O)[C@H]2[C@H]3C(=O)N(Cc4ccncc4)C[C@@]34C=C[C@H]2O4)on1. The average molecular weight is 394 g/mol. The summed E-state index contributed by atoms with van der Waals surface area (Å²) in [5, 5.41) is 6.83. The van der Waals surface area contributed by atoms with E-state index in [1.54, 1.807) is 17.3 Å². The predicted octanol–water partition coefficient (Wildman–Crippen LogP) is 1.23. The highest BCUT2D eigenvalue weighted by Gasteiger charge is 2.66. The predicted molar refractivity (Wildman–Crippen MR) is 101 cm³/mol. The number of ether oxygens (including phenoxy) is 1. The van der Waals surface area contributed by atoms with Crippen LogP contribution in [0.2, 0.25) is 0 Å². The van der Waals surface area contributed by atoms with Crippen molar-refractivity contribution in [2.45, 2.75) is 38.1 Å². The number of hydrogen-bond donors (Lipinski definition) is 1. The van der Waals surface area contributed by atoms with Crippen LogP contribution in [0.15, 0.2) is 47.3 Å². The number of fused-ring (bicyclic) bond motifs is 1. The summed E-state index contributed by atoms with van der Waals surface area (Å²) in [4.78, 5) is 32.0. The Morgan fingerprint density at radius 1 is 1.38 bits per heavy atom. The second-order valence-corrected chi connectivity index (χ2v) is 7.81. The van der Waals surface area contributed by atoms with Crippen LogP contribution < -0.4 is 5.32 Å². The Morgan fingerprint density at radius 2 is 2.21 bits per heavy atom. The number of aromatic nitrogens is 2. The first-order valence-electron chi connectivity index (χ1n) is 9.87. The van der Waals surface area contributed by atoms with Crippen molar-refractivity contribution in [2.75, 3.05) is 6.54 Å². The molecule has 2 amide bonds. The van der Waals surface area contributed by atoms with Gasteiger partial charge in [0.05, 0.1) is 36.7 Å². The fourth-order valence-corrected chi connectivity index (χ4v) is 4.62. The average Bonchev–Trinajstić information content (AvgIpc) is 3.48. The molecule has 0 aliphatic carbocycles. The molecule has 2 aromatic heterocycles. The topological polar surface area (TPSA) is 97.6 Å². The third-order valence-corrected chi connectivity index (χ3v) is 6.01. The van der Waals surface area contributed by atoms with Gasteiger partial charge in [-0.3, -0.25) is 14.6 Å². The fourth-order valence-electron chi connectivity index (χ4n) is 4.62. The van der Waals surface area contributed by atoms with Crippen LogP contribution in [0.25, 0.3) is 0 Å². The van der Waals surface area contributed by atoms with Gasteiger partial charge in [-0.05, 0) is 24.1 Å². The minimum atomic E-state index is -0.710. The molecule has 0 saturated carbocycles. The molecule has 3 aliphatic rings. The maximum atomic E-state index is 13.2. The normalized spacial score (nSPS) is 29.5. The van der Waals surface area contributed by atoms with Crippen LogP contribution in [0.5, 0.6) is 0 Å². The summed E-state index contributed by atoms with van der Waals surface area (Å²) >= 11 is 0. The number of carbonyl (C=O) groups is 2. The molecule has 1 spiro atoms. The zero-order chi connectivity index (χ0) is 20.0. The summed E-state index contributed by atoms with van der Waals surface area (Å²) in [6, 6.07) is 5.61. The molecule has 0 aromatic carbocycles. The van der Waals surface area contributed by atoms with Gasteiger partial charge in [0.2, 0.25) is 11.8 Å². The molecule has 29 heavy (non-hydrogen) atoms. The number of rotatable bonds is 6. The van der Waals surface area contributed by atoms with Crippen molar-refractivity contribution >= 4 is 11.8 Å². The maximum Gasteiger partial charge on any atom is 0.230 e. The second-order valence-electron chi connectivity index (χ2n) is 7.81. The van der Waals surface area contributed by atoms with Crippen molar-refractivity contribution in [1.82, 2.24) is 20.4 Å². The van der Waals surface area contributed by atoms with Crippen LogP contribution in [0.4, 0.5) is 0 Å². The van der Waals surface area contributed by atoms with E-state index in [0.717, 1.165) is 17.7 Å². The molecule has 150 valence electrons. The van der Waals surface area contributed by atoms with Gasteiger partial charge >= 0.3 is 0 Å². The molecular weight excluding hydrogens is 372 g/mol. The monoisotopic (exact) mass is 394 g/mol. The van der Waals surface area contributed by atoms with Crippen LogP contribution in [0.3, 0.4) is 0 Å². The number of hydrogen-bond acceptors (Lipinski definition) is 6. The van der Waals surface area contributed by atoms with Gasteiger partial charge in [0.25, 0.3) is 0 Å². The molecule has 5 heterocycles. The van der Waals surface area contributed by atoms with E-state index in [2.05, 4.69) is 15.5 Å². The van der Waals surface area contributed by atoms with Crippen LogP contribution in [-0.2, 0) is 33.8 Å². The molecule has 0 unspecified atom stereocenters. The zero-order valence-corrected chi connectivity index (χ0v) is 16.1. The van der Waals surface area contributed by atoms with E-state index in [1.165, 1.54) is 0 Å². The number of nitrogens with zero attached hydrogens (tertiary/aromatic N) is 3. The van der Waals surface area contributed by atoms with Gasteiger partial charge in [-0.15, -0.1) is 0 Å². The highest BCUT2D eigenvalue weighted by atomic mass is 16.5. The number of nitrogens with one attached hydrogen (secondary N) is 1. The van der Waals surface area contributed by atoms with E-state index in [-0.39, 0.29) is 24.5 Å². The molecule has 5 rings (SSSR count). The Bertz CT molecular complexity index is 972. The Labute approximate surface area is 167 Å². The molecule has 8 heteroatoms. The molecule has 4 atom stereocenters. The fraction of sp³-hybridized carbons (Fsp3) is 0.429. The standard InChI is InChI=1S/C21H22N4O4/c1-2-14-9-15(29-24-14)10-23-19(26)17-16-3-6-21(28-16)12-25(20(27)18(17)21)11-13-4-7-22-8-5-13/h3-9,16-18H,2,10-12H2,1H3,(H,23,26)/t16-,17-,18+,21+/m1/s1. The van der Waals surface area contributed by atoms with Gasteiger partial charge in [-0.2, -0.15) is 0 Å². The molecular formula is C21H22N4O4. The molecule has 2 saturated heterocycles. The van der Waals surface area contributed by atoms with Crippen molar-refractivity contribution < 1.29 is 18.8 Å². The van der Waals surface area contributed by atoms with Crippen LogP contribution in [0, 0.1) is 11.8 Å². The van der Waals surface area contributed by atoms with Crippen LogP contribution >= 0.6 is 0 Å². The van der Waals surface area contributed by atoms with Crippen LogP contribution in [-0.4, -0.2) is 45.1 Å². The van der Waals surface area contributed by atoms with E-state index < -0.39 is 17.4 Å². The van der Waals surface area contributed by atoms with Crippen LogP contribution in [0.1, 0.15) is 23.9 Å². The second kappa shape index (κ2) is 6.81. The number of amides is 2. The van der Waals surface area contributed by atoms with Gasteiger partial charge < -0.3 is 19.5 Å². The third kappa shape index (κ3) is 2.95. The van der Waals surface area contributed by atoms with Crippen molar-refractivity contribution in [2.24, 2.45) is 11.8 Å². The van der Waals surface area contributed by atoms with Gasteiger partial charge in [0.1, 0.15) is 5.60 Å². The third-order valence-electron chi connectivity index (χ3n) is 6.01. The lowest BCUT2D eigenvalue weighted by molar-refractivity contribution is -0.138. The van der Waals surface area contributed by atoms with Gasteiger partial charge in [0.15, 0.2) is 5.76 Å². The number of aryl methyl sites for hydroxylation is 1. The summed E-state index contributed by atoms with van der Waals surface area (Å²) in [5.74, 6) is -0.674. The molecule has 3 aliphatic heterocycles. The van der Waals surface area contributed by atoms with Crippen molar-refractivity contribution in [3.8, 4) is 0 Å². The van der Waals surface area contributed by atoms with Gasteiger partial charge in [0, 0.05) is 25.0 Å². The van der Waals surface area contributed by atoms with E-state index in [0.29, 0.717) is 18.8 Å². The summed E-state index contributed by atoms with van der Waals surface area (Å²) in [6.07, 6.45) is 7.69. The minimum absolute atomic E-state index is 0.0400. The first kappa shape index (κ1) is 18.1. The lowest BCUT2D eigenvalue weighted by Gasteiger charge is -2.23. The largest absolute Gasteiger partial charge is 0.360 e. The summed E-state index contributed by atoms with van der Waals surface area (Å²) in [5.41, 5.74) is 1.14. The van der Waals surface area contributed by atoms with E-state index in [9.17, 15) is 9.59 Å². The number of carbonyl (C=O) groups excluding carboxylic acids is 2. The van der Waals surface area contributed by atoms with Gasteiger partial charge in [-0.1, -0.05) is 24.2 Å². The molecule has 0 radical (unpaired) electrons. The summed E-state index contributed by atoms with van der Waals surface area (Å²) < 4.78 is 11.4. The van der Waals surface area contributed by atoms with Gasteiger partial charge in [-0.25, -0.2) is 0 Å².